The van der Waals surface area contributed by atoms with E-state index in [4.69, 9.17) is 21.9 Å². The molecule has 8 nitrogen and oxygen atoms in total. The molecule has 0 radical (unpaired) electrons. The lowest BCUT2D eigenvalue weighted by atomic mass is 9.84. The van der Waals surface area contributed by atoms with Gasteiger partial charge >= 0.3 is 6.09 Å². The molecular weight excluding hydrogens is 745 g/mol. The highest BCUT2D eigenvalue weighted by atomic mass is 35.5. The Morgan fingerprint density at radius 3 is 1.62 bits per heavy atom. The minimum absolute atomic E-state index is 0. The third kappa shape index (κ3) is 8.42. The summed E-state index contributed by atoms with van der Waals surface area (Å²) >= 11 is 0. The zero-order valence-electron chi connectivity index (χ0n) is 31.8. The van der Waals surface area contributed by atoms with Crippen LogP contribution in [0.15, 0.2) is 35.4 Å². The number of alkyl carbamates (subject to hydrolysis) is 1. The molecule has 6 aliphatic rings. The molecule has 12 heteroatoms. The van der Waals surface area contributed by atoms with Gasteiger partial charge in [0.05, 0.1) is 6.04 Å². The van der Waals surface area contributed by atoms with Crippen molar-refractivity contribution < 1.29 is 27.9 Å². The lowest BCUT2D eigenvalue weighted by Crippen LogP contribution is -2.39. The van der Waals surface area contributed by atoms with Gasteiger partial charge in [0.1, 0.15) is 17.2 Å². The summed E-state index contributed by atoms with van der Waals surface area (Å²) in [6.07, 6.45) is 16.1. The molecule has 0 unspecified atom stereocenters. The first kappa shape index (κ1) is 42.2. The fourth-order valence-corrected chi connectivity index (χ4v) is 9.38. The smallest absolute Gasteiger partial charge is 0.408 e. The number of ether oxygens (including phenoxy) is 1. The number of hydrogen-bond donors (Lipinski definition) is 4. The van der Waals surface area contributed by atoms with Gasteiger partial charge in [-0.15, -0.1) is 24.8 Å². The third-order valence-corrected chi connectivity index (χ3v) is 11.5. The molecule has 0 saturated heterocycles. The van der Waals surface area contributed by atoms with Crippen molar-refractivity contribution in [2.45, 2.75) is 128 Å². The van der Waals surface area contributed by atoms with Crippen molar-refractivity contribution in [3.05, 3.63) is 91.6 Å². The van der Waals surface area contributed by atoms with Crippen molar-refractivity contribution in [3.8, 4) is 0 Å². The average Bonchev–Trinajstić information content (AvgIpc) is 3.86. The van der Waals surface area contributed by atoms with Gasteiger partial charge in [-0.2, -0.15) is 0 Å². The summed E-state index contributed by atoms with van der Waals surface area (Å²) in [6, 6.07) is 2.40. The van der Waals surface area contributed by atoms with E-state index in [0.717, 1.165) is 117 Å². The number of nitrogens with two attached hydrogens (primary N) is 3. The van der Waals surface area contributed by atoms with E-state index < -0.39 is 29.3 Å². The molecule has 55 heavy (non-hydrogen) atoms. The number of halogens is 4. The summed E-state index contributed by atoms with van der Waals surface area (Å²) in [5, 5.41) is 2.89. The van der Waals surface area contributed by atoms with Gasteiger partial charge in [0.15, 0.2) is 0 Å². The van der Waals surface area contributed by atoms with Crippen molar-refractivity contribution in [1.82, 2.24) is 5.32 Å². The Morgan fingerprint density at radius 1 is 0.691 bits per heavy atom. The maximum Gasteiger partial charge on any atom is 0.408 e. The van der Waals surface area contributed by atoms with Gasteiger partial charge in [-0.3, -0.25) is 9.59 Å². The van der Waals surface area contributed by atoms with Crippen LogP contribution in [0.5, 0.6) is 0 Å². The van der Waals surface area contributed by atoms with Gasteiger partial charge in [0.25, 0.3) is 0 Å². The zero-order chi connectivity index (χ0) is 37.8. The number of allylic oxidation sites excluding steroid dienone is 6. The monoisotopic (exact) mass is 796 g/mol. The quantitative estimate of drug-likeness (QED) is 0.238. The van der Waals surface area contributed by atoms with Crippen molar-refractivity contribution in [2.24, 2.45) is 17.2 Å². The van der Waals surface area contributed by atoms with E-state index in [1.807, 2.05) is 32.9 Å². The van der Waals surface area contributed by atoms with Gasteiger partial charge in [-0.05, 0) is 167 Å². The number of primary amides is 2. The first-order chi connectivity index (χ1) is 25.2. The molecule has 0 aliphatic heterocycles. The number of amides is 3. The van der Waals surface area contributed by atoms with Crippen molar-refractivity contribution in [1.29, 1.82) is 0 Å². The van der Waals surface area contributed by atoms with Crippen LogP contribution in [-0.4, -0.2) is 35.6 Å². The third-order valence-electron chi connectivity index (χ3n) is 11.5. The Labute approximate surface area is 334 Å². The van der Waals surface area contributed by atoms with Crippen molar-refractivity contribution in [3.63, 3.8) is 0 Å². The lowest BCUT2D eigenvalue weighted by molar-refractivity contribution is 0.0511. The molecule has 6 aliphatic carbocycles. The molecule has 0 heterocycles. The van der Waals surface area contributed by atoms with E-state index in [-0.39, 0.29) is 42.7 Å². The van der Waals surface area contributed by atoms with Crippen LogP contribution in [0.1, 0.15) is 152 Å². The van der Waals surface area contributed by atoms with Crippen molar-refractivity contribution in [2.75, 3.05) is 0 Å². The number of carbonyl (C=O) groups excluding carboxylic acids is 3. The van der Waals surface area contributed by atoms with E-state index in [1.165, 1.54) is 34.4 Å². The molecule has 2 aromatic rings. The van der Waals surface area contributed by atoms with Gasteiger partial charge in [0.2, 0.25) is 11.8 Å². The Kier molecular flexibility index (Phi) is 12.7. The Balaban J connectivity index is 0.000000210. The van der Waals surface area contributed by atoms with Crippen LogP contribution in [0.2, 0.25) is 0 Å². The molecule has 0 fully saturated rings. The summed E-state index contributed by atoms with van der Waals surface area (Å²) in [4.78, 5) is 35.9. The number of hydrogen-bond acceptors (Lipinski definition) is 5. The highest BCUT2D eigenvalue weighted by molar-refractivity contribution is 6.01. The number of nitrogens with one attached hydrogen (secondary N) is 1. The first-order valence-corrected chi connectivity index (χ1v) is 19.1. The molecule has 2 aromatic carbocycles. The second-order valence-electron chi connectivity index (χ2n) is 16.3. The van der Waals surface area contributed by atoms with Crippen molar-refractivity contribution >= 4 is 65.0 Å². The second kappa shape index (κ2) is 16.6. The van der Waals surface area contributed by atoms with Gasteiger partial charge in [0, 0.05) is 28.3 Å². The van der Waals surface area contributed by atoms with E-state index in [2.05, 4.69) is 5.32 Å². The lowest BCUT2D eigenvalue weighted by Gasteiger charge is -2.26. The van der Waals surface area contributed by atoms with Gasteiger partial charge < -0.3 is 27.3 Å². The second-order valence-corrected chi connectivity index (χ2v) is 16.3. The fourth-order valence-electron chi connectivity index (χ4n) is 9.38. The summed E-state index contributed by atoms with van der Waals surface area (Å²) in [5.41, 5.74) is 29.0. The number of rotatable bonds is 5. The standard InChI is InChI=1S/C24H29FN2O3.C19H21FN2O.2ClH/c1-24(2,3)30-23(29)27-15-8-4-7-14(10-15)20-19(25)12-18(22(26)28)17-11-13-6-5-9-16(13)21(17)20;20-16-9-15(19(22)23)14-8-10-3-2-6-13(10)18(14)17(16)11-4-1-5-12(21)7-11;;/h10,12,15H,4-9,11H2,1-3H3,(H2,26,28)(H,27,29);7,9,12H,1-6,8,21H2,(H2,22,23);2*1H/t15-;12-;;/m00../s1. The van der Waals surface area contributed by atoms with Gasteiger partial charge in [-0.1, -0.05) is 23.3 Å². The minimum atomic E-state index is -0.583. The van der Waals surface area contributed by atoms with Crippen LogP contribution in [-0.2, 0) is 17.6 Å². The molecule has 8 rings (SSSR count). The number of benzene rings is 2. The minimum Gasteiger partial charge on any atom is -0.444 e. The van der Waals surface area contributed by atoms with E-state index >= 15 is 4.39 Å². The highest BCUT2D eigenvalue weighted by Crippen LogP contribution is 2.50. The summed E-state index contributed by atoms with van der Waals surface area (Å²) in [7, 11) is 0. The first-order valence-electron chi connectivity index (χ1n) is 19.1. The van der Waals surface area contributed by atoms with Crippen LogP contribution in [0.4, 0.5) is 13.6 Å². The molecule has 7 N–H and O–H groups in total. The largest absolute Gasteiger partial charge is 0.444 e. The topological polar surface area (TPSA) is 151 Å². The van der Waals surface area contributed by atoms with Crippen LogP contribution in [0, 0.1) is 11.6 Å². The maximum absolute atomic E-state index is 15.3. The fraction of sp³-hybridized carbons (Fsp3) is 0.465. The molecule has 2 atom stereocenters. The molecule has 0 saturated carbocycles. The molecule has 3 amide bonds. The summed E-state index contributed by atoms with van der Waals surface area (Å²) in [6.45, 7) is 5.46. The Bertz CT molecular complexity index is 2060. The molecule has 0 aromatic heterocycles. The normalized spacial score (nSPS) is 20.8. The summed E-state index contributed by atoms with van der Waals surface area (Å²) < 4.78 is 35.6. The number of carbonyl (C=O) groups is 3. The predicted molar refractivity (Wildman–Crippen MR) is 218 cm³/mol. The number of fused-ring (bicyclic) bond motifs is 4. The molecule has 296 valence electrons. The van der Waals surface area contributed by atoms with Crippen LogP contribution >= 0.6 is 24.8 Å². The van der Waals surface area contributed by atoms with E-state index in [0.29, 0.717) is 28.7 Å². The summed E-state index contributed by atoms with van der Waals surface area (Å²) in [5.74, 6) is -1.87. The van der Waals surface area contributed by atoms with Crippen LogP contribution in [0.3, 0.4) is 0 Å². The van der Waals surface area contributed by atoms with Crippen LogP contribution < -0.4 is 22.5 Å². The van der Waals surface area contributed by atoms with E-state index in [9.17, 15) is 18.8 Å². The Morgan fingerprint density at radius 2 is 1.16 bits per heavy atom. The highest BCUT2D eigenvalue weighted by Gasteiger charge is 2.36. The van der Waals surface area contributed by atoms with Crippen LogP contribution in [0.25, 0.3) is 22.3 Å². The predicted octanol–water partition coefficient (Wildman–Crippen LogP) is 9.04. The molecule has 0 spiro atoms. The maximum atomic E-state index is 15.3. The average molecular weight is 798 g/mol. The SMILES string of the molecule is CC(C)(C)OC(=O)N[C@@H]1C=C(c2c(F)cc(C(N)=O)c3c2C2=C(CCC2)C3)CCC1.Cl.Cl.NC(=O)c1cc(F)c(C2=C[C@@H](N)CCC2)c2c1CC1=C2CCC1. The van der Waals surface area contributed by atoms with Gasteiger partial charge in [-0.25, -0.2) is 13.6 Å². The van der Waals surface area contributed by atoms with E-state index in [1.54, 1.807) is 0 Å². The Hall–Kier alpha value is -3.99. The molecule has 0 bridgehead atoms. The molecular formula is C43H52Cl2F2N4O4. The zero-order valence-corrected chi connectivity index (χ0v) is 33.4.